The summed E-state index contributed by atoms with van der Waals surface area (Å²) in [6, 6.07) is 28.0. The lowest BCUT2D eigenvalue weighted by atomic mass is 10.1. The summed E-state index contributed by atoms with van der Waals surface area (Å²) in [6.45, 7) is 1.37. The summed E-state index contributed by atoms with van der Waals surface area (Å²) in [5.41, 5.74) is 3.22. The minimum atomic E-state index is -0.0530. The first kappa shape index (κ1) is 19.5. The van der Waals surface area contributed by atoms with Crippen LogP contribution < -0.4 is 15.4 Å². The molecule has 0 unspecified atom stereocenters. The number of benzene rings is 3. The predicted molar refractivity (Wildman–Crippen MR) is 113 cm³/mol. The molecule has 0 aliphatic rings. The molecule has 4 nitrogen and oxygen atoms in total. The van der Waals surface area contributed by atoms with E-state index >= 15 is 0 Å². The van der Waals surface area contributed by atoms with Crippen molar-refractivity contribution in [3.63, 3.8) is 0 Å². The highest BCUT2D eigenvalue weighted by Gasteiger charge is 2.06. The number of rotatable bonds is 10. The molecule has 3 aromatic carbocycles. The highest BCUT2D eigenvalue weighted by atomic mass is 16.5. The molecular weight excluding hydrogens is 348 g/mol. The smallest absolute Gasteiger partial charge is 0.239 e. The third-order valence-electron chi connectivity index (χ3n) is 4.37. The van der Waals surface area contributed by atoms with Gasteiger partial charge in [0.1, 0.15) is 5.75 Å². The Morgan fingerprint density at radius 1 is 0.786 bits per heavy atom. The number of hydrogen-bond acceptors (Lipinski definition) is 3. The maximum absolute atomic E-state index is 12.1. The zero-order valence-corrected chi connectivity index (χ0v) is 15.9. The number of nitrogens with one attached hydrogen (secondary N) is 2. The molecule has 144 valence electrons. The van der Waals surface area contributed by atoms with Gasteiger partial charge in [-0.3, -0.25) is 4.79 Å². The molecular formula is C24H26N2O2. The van der Waals surface area contributed by atoms with Gasteiger partial charge in [0.2, 0.25) is 5.91 Å². The fraction of sp³-hybridized carbons (Fsp3) is 0.208. The van der Waals surface area contributed by atoms with E-state index in [1.807, 2.05) is 60.7 Å². The quantitative estimate of drug-likeness (QED) is 0.516. The molecule has 0 spiro atoms. The van der Waals surface area contributed by atoms with E-state index in [-0.39, 0.29) is 12.5 Å². The van der Waals surface area contributed by atoms with Crippen LogP contribution >= 0.6 is 0 Å². The maximum atomic E-state index is 12.1. The summed E-state index contributed by atoms with van der Waals surface area (Å²) in [6.07, 6.45) is 1.92. The van der Waals surface area contributed by atoms with Crippen molar-refractivity contribution in [2.75, 3.05) is 18.5 Å². The Hall–Kier alpha value is -3.27. The maximum Gasteiger partial charge on any atom is 0.239 e. The summed E-state index contributed by atoms with van der Waals surface area (Å²) >= 11 is 0. The summed E-state index contributed by atoms with van der Waals surface area (Å²) in [4.78, 5) is 12.1. The zero-order chi connectivity index (χ0) is 19.4. The van der Waals surface area contributed by atoms with E-state index in [0.29, 0.717) is 13.2 Å². The minimum absolute atomic E-state index is 0.0530. The van der Waals surface area contributed by atoms with E-state index in [4.69, 9.17) is 4.74 Å². The molecule has 1 amide bonds. The van der Waals surface area contributed by atoms with Crippen LogP contribution in [0.2, 0.25) is 0 Å². The molecule has 3 aromatic rings. The number of hydrogen-bond donors (Lipinski definition) is 2. The first-order valence-electron chi connectivity index (χ1n) is 9.61. The number of carbonyl (C=O) groups excluding carboxylic acids is 1. The van der Waals surface area contributed by atoms with Gasteiger partial charge in [0.15, 0.2) is 0 Å². The number of anilines is 1. The lowest BCUT2D eigenvalue weighted by molar-refractivity contribution is -0.119. The third-order valence-corrected chi connectivity index (χ3v) is 4.37. The van der Waals surface area contributed by atoms with Crippen LogP contribution in [0.5, 0.6) is 5.75 Å². The van der Waals surface area contributed by atoms with Crippen molar-refractivity contribution in [1.29, 1.82) is 0 Å². The van der Waals surface area contributed by atoms with Crippen LogP contribution in [0, 0.1) is 0 Å². The van der Waals surface area contributed by atoms with E-state index in [9.17, 15) is 4.79 Å². The summed E-state index contributed by atoms with van der Waals surface area (Å²) in [5.74, 6) is 0.717. The normalized spacial score (nSPS) is 10.3. The molecule has 3 rings (SSSR count). The lowest BCUT2D eigenvalue weighted by Gasteiger charge is -2.13. The molecule has 4 heteroatoms. The second-order valence-electron chi connectivity index (χ2n) is 6.55. The number of carbonyl (C=O) groups is 1. The number of amides is 1. The summed E-state index contributed by atoms with van der Waals surface area (Å²) < 4.78 is 5.93. The Morgan fingerprint density at radius 2 is 1.43 bits per heavy atom. The van der Waals surface area contributed by atoms with Crippen molar-refractivity contribution in [2.24, 2.45) is 0 Å². The van der Waals surface area contributed by atoms with Crippen molar-refractivity contribution >= 4 is 11.6 Å². The Balaban J connectivity index is 1.42. The van der Waals surface area contributed by atoms with Crippen LogP contribution in [0.25, 0.3) is 0 Å². The van der Waals surface area contributed by atoms with Crippen LogP contribution in [-0.2, 0) is 17.8 Å². The predicted octanol–water partition coefficient (Wildman–Crippen LogP) is 4.43. The van der Waals surface area contributed by atoms with Crippen molar-refractivity contribution in [3.05, 3.63) is 96.1 Å². The zero-order valence-electron chi connectivity index (χ0n) is 15.9. The Morgan fingerprint density at radius 3 is 2.18 bits per heavy atom. The average molecular weight is 374 g/mol. The standard InChI is InChI=1S/C24H26N2O2/c27-24(26-18-21-12-5-2-6-13-21)19-25-22-15-7-8-16-23(22)28-17-9-14-20-10-3-1-4-11-20/h1-8,10-13,15-16,25H,9,14,17-19H2,(H,26,27). The Labute approximate surface area is 166 Å². The van der Waals surface area contributed by atoms with Gasteiger partial charge < -0.3 is 15.4 Å². The average Bonchev–Trinajstić information content (AvgIpc) is 2.76. The van der Waals surface area contributed by atoms with Crippen molar-refractivity contribution < 1.29 is 9.53 Å². The van der Waals surface area contributed by atoms with Gasteiger partial charge in [-0.15, -0.1) is 0 Å². The molecule has 28 heavy (non-hydrogen) atoms. The number of ether oxygens (including phenoxy) is 1. The van der Waals surface area contributed by atoms with Crippen LogP contribution in [0.15, 0.2) is 84.9 Å². The summed E-state index contributed by atoms with van der Waals surface area (Å²) in [7, 11) is 0. The molecule has 0 bridgehead atoms. The number of aryl methyl sites for hydroxylation is 1. The van der Waals surface area contributed by atoms with E-state index in [1.54, 1.807) is 0 Å². The van der Waals surface area contributed by atoms with Gasteiger partial charge in [0.25, 0.3) is 0 Å². The van der Waals surface area contributed by atoms with Crippen molar-refractivity contribution in [1.82, 2.24) is 5.32 Å². The third kappa shape index (κ3) is 6.47. The largest absolute Gasteiger partial charge is 0.491 e. The fourth-order valence-electron chi connectivity index (χ4n) is 2.88. The topological polar surface area (TPSA) is 50.4 Å². The molecule has 2 N–H and O–H groups in total. The van der Waals surface area contributed by atoms with Crippen LogP contribution in [0.1, 0.15) is 17.5 Å². The van der Waals surface area contributed by atoms with Gasteiger partial charge in [-0.1, -0.05) is 72.8 Å². The van der Waals surface area contributed by atoms with Gasteiger partial charge in [0, 0.05) is 6.54 Å². The molecule has 0 aliphatic carbocycles. The molecule has 0 aromatic heterocycles. The van der Waals surface area contributed by atoms with Crippen LogP contribution in [-0.4, -0.2) is 19.1 Å². The van der Waals surface area contributed by atoms with E-state index in [0.717, 1.165) is 29.8 Å². The van der Waals surface area contributed by atoms with Crippen LogP contribution in [0.3, 0.4) is 0 Å². The molecule has 0 heterocycles. The second-order valence-corrected chi connectivity index (χ2v) is 6.55. The first-order chi connectivity index (χ1) is 13.8. The highest BCUT2D eigenvalue weighted by molar-refractivity contribution is 5.81. The van der Waals surface area contributed by atoms with Gasteiger partial charge in [-0.05, 0) is 36.1 Å². The molecule has 0 aliphatic heterocycles. The van der Waals surface area contributed by atoms with Crippen LogP contribution in [0.4, 0.5) is 5.69 Å². The Kier molecular flexibility index (Phi) is 7.50. The van der Waals surface area contributed by atoms with E-state index < -0.39 is 0 Å². The van der Waals surface area contributed by atoms with E-state index in [1.165, 1.54) is 5.56 Å². The molecule has 0 atom stereocenters. The molecule has 0 saturated carbocycles. The first-order valence-corrected chi connectivity index (χ1v) is 9.61. The van der Waals surface area contributed by atoms with E-state index in [2.05, 4.69) is 34.9 Å². The highest BCUT2D eigenvalue weighted by Crippen LogP contribution is 2.23. The van der Waals surface area contributed by atoms with Crippen molar-refractivity contribution in [2.45, 2.75) is 19.4 Å². The lowest BCUT2D eigenvalue weighted by Crippen LogP contribution is -2.29. The number of para-hydroxylation sites is 2. The molecule has 0 saturated heterocycles. The fourth-order valence-corrected chi connectivity index (χ4v) is 2.88. The van der Waals surface area contributed by atoms with Crippen molar-refractivity contribution in [3.8, 4) is 5.75 Å². The van der Waals surface area contributed by atoms with Gasteiger partial charge in [-0.25, -0.2) is 0 Å². The molecule has 0 radical (unpaired) electrons. The summed E-state index contributed by atoms with van der Waals surface area (Å²) in [5, 5.41) is 6.09. The molecule has 0 fully saturated rings. The van der Waals surface area contributed by atoms with Gasteiger partial charge in [0.05, 0.1) is 18.8 Å². The van der Waals surface area contributed by atoms with Gasteiger partial charge >= 0.3 is 0 Å². The monoisotopic (exact) mass is 374 g/mol. The second kappa shape index (κ2) is 10.8. The SMILES string of the molecule is O=C(CNc1ccccc1OCCCc1ccccc1)NCc1ccccc1. The Bertz CT molecular complexity index is 851. The minimum Gasteiger partial charge on any atom is -0.491 e. The van der Waals surface area contributed by atoms with Gasteiger partial charge in [-0.2, -0.15) is 0 Å².